The molecule has 3 rings (SSSR count). The normalized spacial score (nSPS) is 13.7. The molecule has 0 radical (unpaired) electrons. The summed E-state index contributed by atoms with van der Waals surface area (Å²) in [6, 6.07) is 6.01. The fraction of sp³-hybridized carbons (Fsp3) is 0.526. The molecule has 1 heterocycles. The van der Waals surface area contributed by atoms with Gasteiger partial charge in [-0.25, -0.2) is 0 Å². The van der Waals surface area contributed by atoms with Crippen molar-refractivity contribution in [2.24, 2.45) is 0 Å². The standard InChI is InChI=1S/C19H27N3O/c1-3-11-22(4-2)12-10-20-19(23)14-8-9-18-16(13-14)15-6-5-7-17(15)21-18/h8-9,13,21H,3-7,10-12H2,1-2H3,(H,20,23). The lowest BCUT2D eigenvalue weighted by molar-refractivity contribution is 0.0948. The molecule has 1 aromatic heterocycles. The van der Waals surface area contributed by atoms with Crippen molar-refractivity contribution in [3.05, 3.63) is 35.0 Å². The molecule has 0 saturated heterocycles. The zero-order valence-corrected chi connectivity index (χ0v) is 14.2. The first-order chi connectivity index (χ1) is 11.2. The summed E-state index contributed by atoms with van der Waals surface area (Å²) in [5.41, 5.74) is 4.70. The van der Waals surface area contributed by atoms with Crippen LogP contribution in [0.15, 0.2) is 18.2 Å². The average molecular weight is 313 g/mol. The number of aryl methyl sites for hydroxylation is 2. The number of carbonyl (C=O) groups is 1. The zero-order chi connectivity index (χ0) is 16.2. The van der Waals surface area contributed by atoms with Crippen molar-refractivity contribution < 1.29 is 4.79 Å². The average Bonchev–Trinajstić information content (AvgIpc) is 3.14. The van der Waals surface area contributed by atoms with Gasteiger partial charge in [-0.3, -0.25) is 4.79 Å². The van der Waals surface area contributed by atoms with Crippen molar-refractivity contribution in [1.82, 2.24) is 15.2 Å². The van der Waals surface area contributed by atoms with E-state index in [1.54, 1.807) is 0 Å². The Morgan fingerprint density at radius 1 is 1.26 bits per heavy atom. The van der Waals surface area contributed by atoms with Gasteiger partial charge in [0.05, 0.1) is 0 Å². The molecule has 1 amide bonds. The number of hydrogen-bond acceptors (Lipinski definition) is 2. The smallest absolute Gasteiger partial charge is 0.251 e. The van der Waals surface area contributed by atoms with Gasteiger partial charge >= 0.3 is 0 Å². The third-order valence-electron chi connectivity index (χ3n) is 4.81. The van der Waals surface area contributed by atoms with Crippen molar-refractivity contribution in [2.75, 3.05) is 26.2 Å². The van der Waals surface area contributed by atoms with E-state index in [4.69, 9.17) is 0 Å². The first kappa shape index (κ1) is 16.1. The number of nitrogens with zero attached hydrogens (tertiary/aromatic N) is 1. The van der Waals surface area contributed by atoms with E-state index in [1.165, 1.54) is 23.1 Å². The van der Waals surface area contributed by atoms with Crippen LogP contribution < -0.4 is 5.32 Å². The summed E-state index contributed by atoms with van der Waals surface area (Å²) in [7, 11) is 0. The van der Waals surface area contributed by atoms with Crippen molar-refractivity contribution in [3.63, 3.8) is 0 Å². The van der Waals surface area contributed by atoms with Gasteiger partial charge in [0, 0.05) is 35.2 Å². The largest absolute Gasteiger partial charge is 0.358 e. The minimum Gasteiger partial charge on any atom is -0.358 e. The highest BCUT2D eigenvalue weighted by Crippen LogP contribution is 2.30. The molecule has 0 atom stereocenters. The highest BCUT2D eigenvalue weighted by molar-refractivity contribution is 5.99. The number of fused-ring (bicyclic) bond motifs is 3. The van der Waals surface area contributed by atoms with Crippen molar-refractivity contribution >= 4 is 16.8 Å². The summed E-state index contributed by atoms with van der Waals surface area (Å²) in [5.74, 6) is 0.0346. The van der Waals surface area contributed by atoms with Crippen LogP contribution in [0.3, 0.4) is 0 Å². The maximum Gasteiger partial charge on any atom is 0.251 e. The number of aromatic nitrogens is 1. The molecule has 2 aromatic rings. The number of aromatic amines is 1. The lowest BCUT2D eigenvalue weighted by atomic mass is 10.1. The second-order valence-corrected chi connectivity index (χ2v) is 6.39. The van der Waals surface area contributed by atoms with Crippen LogP contribution in [-0.4, -0.2) is 42.0 Å². The molecule has 1 aromatic carbocycles. The van der Waals surface area contributed by atoms with Gasteiger partial charge in [0.1, 0.15) is 0 Å². The summed E-state index contributed by atoms with van der Waals surface area (Å²) < 4.78 is 0. The molecular formula is C19H27N3O. The summed E-state index contributed by atoms with van der Waals surface area (Å²) in [6.45, 7) is 8.09. The number of hydrogen-bond donors (Lipinski definition) is 2. The van der Waals surface area contributed by atoms with Crippen LogP contribution in [0.4, 0.5) is 0 Å². The van der Waals surface area contributed by atoms with Crippen LogP contribution in [0.2, 0.25) is 0 Å². The van der Waals surface area contributed by atoms with Crippen LogP contribution in [0.25, 0.3) is 10.9 Å². The predicted molar refractivity (Wildman–Crippen MR) is 95.1 cm³/mol. The van der Waals surface area contributed by atoms with E-state index in [1.807, 2.05) is 12.1 Å². The van der Waals surface area contributed by atoms with E-state index in [-0.39, 0.29) is 5.91 Å². The number of nitrogens with one attached hydrogen (secondary N) is 2. The Balaban J connectivity index is 1.64. The molecule has 2 N–H and O–H groups in total. The maximum atomic E-state index is 12.4. The molecule has 0 saturated carbocycles. The minimum absolute atomic E-state index is 0.0346. The Bertz CT molecular complexity index is 689. The summed E-state index contributed by atoms with van der Waals surface area (Å²) in [6.07, 6.45) is 4.63. The molecule has 124 valence electrons. The maximum absolute atomic E-state index is 12.4. The highest BCUT2D eigenvalue weighted by atomic mass is 16.1. The Morgan fingerprint density at radius 3 is 2.91 bits per heavy atom. The first-order valence-electron chi connectivity index (χ1n) is 8.87. The molecule has 4 heteroatoms. The summed E-state index contributed by atoms with van der Waals surface area (Å²) >= 11 is 0. The number of carbonyl (C=O) groups excluding carboxylic acids is 1. The van der Waals surface area contributed by atoms with E-state index in [9.17, 15) is 4.79 Å². The molecule has 0 unspecified atom stereocenters. The van der Waals surface area contributed by atoms with Crippen LogP contribution in [0.1, 0.15) is 48.3 Å². The molecule has 0 aliphatic heterocycles. The lowest BCUT2D eigenvalue weighted by Gasteiger charge is -2.19. The van der Waals surface area contributed by atoms with Crippen molar-refractivity contribution in [3.8, 4) is 0 Å². The third-order valence-corrected chi connectivity index (χ3v) is 4.81. The van der Waals surface area contributed by atoms with Gasteiger partial charge in [-0.15, -0.1) is 0 Å². The number of benzene rings is 1. The number of H-pyrrole nitrogens is 1. The van der Waals surface area contributed by atoms with E-state index < -0.39 is 0 Å². The van der Waals surface area contributed by atoms with Gasteiger partial charge in [0.2, 0.25) is 0 Å². The van der Waals surface area contributed by atoms with Gasteiger partial charge in [-0.2, -0.15) is 0 Å². The van der Waals surface area contributed by atoms with Gasteiger partial charge in [0.25, 0.3) is 5.91 Å². The Kier molecular flexibility index (Phi) is 5.01. The van der Waals surface area contributed by atoms with Crippen molar-refractivity contribution in [1.29, 1.82) is 0 Å². The van der Waals surface area contributed by atoms with Gasteiger partial charge in [-0.1, -0.05) is 13.8 Å². The number of likely N-dealkylation sites (N-methyl/N-ethyl adjacent to an activating group) is 1. The van der Waals surface area contributed by atoms with Crippen molar-refractivity contribution in [2.45, 2.75) is 39.5 Å². The minimum atomic E-state index is 0.0346. The molecule has 1 aliphatic rings. The van der Waals surface area contributed by atoms with Gasteiger partial charge in [0.15, 0.2) is 0 Å². The number of rotatable bonds is 7. The first-order valence-corrected chi connectivity index (χ1v) is 8.87. The molecule has 23 heavy (non-hydrogen) atoms. The van der Waals surface area contributed by atoms with Gasteiger partial charge < -0.3 is 15.2 Å². The lowest BCUT2D eigenvalue weighted by Crippen LogP contribution is -2.35. The Morgan fingerprint density at radius 2 is 2.13 bits per heavy atom. The van der Waals surface area contributed by atoms with Crippen LogP contribution in [0, 0.1) is 0 Å². The van der Waals surface area contributed by atoms with Crippen LogP contribution in [0.5, 0.6) is 0 Å². The van der Waals surface area contributed by atoms with E-state index in [0.717, 1.165) is 50.0 Å². The SMILES string of the molecule is CCCN(CC)CCNC(=O)c1ccc2[nH]c3c(c2c1)CCC3. The fourth-order valence-electron chi connectivity index (χ4n) is 3.56. The van der Waals surface area contributed by atoms with Crippen LogP contribution in [-0.2, 0) is 12.8 Å². The summed E-state index contributed by atoms with van der Waals surface area (Å²) in [5, 5.41) is 4.28. The van der Waals surface area contributed by atoms with E-state index in [2.05, 4.69) is 35.1 Å². The molecular weight excluding hydrogens is 286 g/mol. The second kappa shape index (κ2) is 7.18. The topological polar surface area (TPSA) is 48.1 Å². The Labute approximate surface area is 138 Å². The quantitative estimate of drug-likeness (QED) is 0.825. The summed E-state index contributed by atoms with van der Waals surface area (Å²) in [4.78, 5) is 18.2. The molecule has 4 nitrogen and oxygen atoms in total. The molecule has 0 spiro atoms. The molecule has 0 fully saturated rings. The van der Waals surface area contributed by atoms with E-state index >= 15 is 0 Å². The number of amides is 1. The predicted octanol–water partition coefficient (Wildman–Crippen LogP) is 3.12. The fourth-order valence-corrected chi connectivity index (χ4v) is 3.56. The zero-order valence-electron chi connectivity index (χ0n) is 14.2. The van der Waals surface area contributed by atoms with Crippen LogP contribution >= 0.6 is 0 Å². The molecule has 1 aliphatic carbocycles. The second-order valence-electron chi connectivity index (χ2n) is 6.39. The molecule has 0 bridgehead atoms. The third kappa shape index (κ3) is 3.42. The monoisotopic (exact) mass is 313 g/mol. The highest BCUT2D eigenvalue weighted by Gasteiger charge is 2.18. The van der Waals surface area contributed by atoms with E-state index in [0.29, 0.717) is 6.54 Å². The van der Waals surface area contributed by atoms with Gasteiger partial charge in [-0.05, 0) is 62.5 Å². The Hall–Kier alpha value is -1.81.